The number of carbonyl (C=O) groups is 2. The second-order valence-electron chi connectivity index (χ2n) is 12.8. The van der Waals surface area contributed by atoms with Gasteiger partial charge in [-0.25, -0.2) is 9.98 Å². The standard InChI is InChI=1S/C37H48N10O3/c1-26(2)50-33-14-9-28(23-42-33)36(39)31-22-30(12-13-32(31)38)47-17-5-16-44(15-4-6-34(47)48)24-35(49)46-20-18-45(19-21-46)29-10-7-27(8-11-29)37(40)43-25-41-3/h7-14,22-23,25-26,39H,4-6,15-21,24,38H2,1-3H3,(H2,40,41,43). The highest BCUT2D eigenvalue weighted by Crippen LogP contribution is 2.26. The second kappa shape index (κ2) is 16.9. The Kier molecular flexibility index (Phi) is 12.2. The fraction of sp³-hybridized carbons (Fsp3) is 0.405. The predicted molar refractivity (Wildman–Crippen MR) is 200 cm³/mol. The van der Waals surface area contributed by atoms with Crippen LogP contribution in [0.3, 0.4) is 0 Å². The van der Waals surface area contributed by atoms with Crippen molar-refractivity contribution in [2.45, 2.75) is 39.2 Å². The van der Waals surface area contributed by atoms with Gasteiger partial charge in [-0.15, -0.1) is 0 Å². The molecule has 2 amide bonds. The van der Waals surface area contributed by atoms with Gasteiger partial charge in [0.1, 0.15) is 12.2 Å². The first kappa shape index (κ1) is 36.0. The van der Waals surface area contributed by atoms with Crippen molar-refractivity contribution in [3.63, 3.8) is 0 Å². The van der Waals surface area contributed by atoms with Crippen molar-refractivity contribution in [1.82, 2.24) is 14.8 Å². The average molecular weight is 681 g/mol. The van der Waals surface area contributed by atoms with Crippen LogP contribution in [-0.4, -0.2) is 110 Å². The molecule has 0 atom stereocenters. The number of amidine groups is 1. The number of carbonyl (C=O) groups excluding carboxylic acids is 2. The van der Waals surface area contributed by atoms with Crippen LogP contribution in [0.2, 0.25) is 0 Å². The zero-order valence-electron chi connectivity index (χ0n) is 29.2. The molecule has 13 heteroatoms. The maximum absolute atomic E-state index is 13.4. The Morgan fingerprint density at radius 2 is 1.66 bits per heavy atom. The van der Waals surface area contributed by atoms with Gasteiger partial charge in [0.25, 0.3) is 0 Å². The number of benzene rings is 2. The summed E-state index contributed by atoms with van der Waals surface area (Å²) in [5, 5.41) is 8.85. The van der Waals surface area contributed by atoms with Crippen molar-refractivity contribution >= 4 is 46.8 Å². The molecule has 13 nitrogen and oxygen atoms in total. The van der Waals surface area contributed by atoms with E-state index in [9.17, 15) is 9.59 Å². The number of nitrogens with one attached hydrogen (secondary N) is 1. The number of rotatable bonds is 10. The SMILES string of the molecule is CN=CN=C(N)c1ccc(N2CCN(C(=O)CN3CCCC(=O)N(c4ccc(N)c(C(=N)c5ccc(OC(C)C)nc5)c4)CCC3)CC2)cc1. The summed E-state index contributed by atoms with van der Waals surface area (Å²) in [6.07, 6.45) is 4.76. The molecule has 2 fully saturated rings. The Morgan fingerprint density at radius 1 is 0.960 bits per heavy atom. The lowest BCUT2D eigenvalue weighted by atomic mass is 10.0. The number of aliphatic imine (C=N–C) groups is 2. The zero-order chi connectivity index (χ0) is 35.6. The van der Waals surface area contributed by atoms with Gasteiger partial charge in [-0.1, -0.05) is 0 Å². The summed E-state index contributed by atoms with van der Waals surface area (Å²) in [5.74, 6) is 1.04. The minimum atomic E-state index is -0.00153. The lowest BCUT2D eigenvalue weighted by Gasteiger charge is -2.37. The van der Waals surface area contributed by atoms with E-state index >= 15 is 0 Å². The molecule has 3 aromatic rings. The maximum atomic E-state index is 13.4. The summed E-state index contributed by atoms with van der Waals surface area (Å²) >= 11 is 0. The Bertz CT molecular complexity index is 1700. The van der Waals surface area contributed by atoms with Crippen molar-refractivity contribution in [2.24, 2.45) is 15.7 Å². The van der Waals surface area contributed by atoms with E-state index in [4.69, 9.17) is 21.6 Å². The molecule has 2 aromatic carbocycles. The number of hydrogen-bond acceptors (Lipinski definition) is 9. The van der Waals surface area contributed by atoms with Gasteiger partial charge in [-0.2, -0.15) is 0 Å². The number of pyridine rings is 1. The van der Waals surface area contributed by atoms with Crippen LogP contribution in [0.1, 0.15) is 49.8 Å². The van der Waals surface area contributed by atoms with Crippen LogP contribution in [0, 0.1) is 5.41 Å². The summed E-state index contributed by atoms with van der Waals surface area (Å²) in [7, 11) is 1.65. The molecule has 0 bridgehead atoms. The molecule has 2 aliphatic rings. The molecule has 0 unspecified atom stereocenters. The van der Waals surface area contributed by atoms with Gasteiger partial charge in [0, 0.05) is 98.8 Å². The van der Waals surface area contributed by atoms with Crippen molar-refractivity contribution in [3.05, 3.63) is 77.5 Å². The number of amides is 2. The molecule has 0 aliphatic carbocycles. The van der Waals surface area contributed by atoms with E-state index in [0.29, 0.717) is 92.7 Å². The lowest BCUT2D eigenvalue weighted by molar-refractivity contribution is -0.132. The smallest absolute Gasteiger partial charge is 0.236 e. The number of ether oxygens (including phenoxy) is 1. The second-order valence-corrected chi connectivity index (χ2v) is 12.8. The number of anilines is 3. The molecule has 5 N–H and O–H groups in total. The fourth-order valence-electron chi connectivity index (χ4n) is 6.18. The molecule has 2 aliphatic heterocycles. The van der Waals surface area contributed by atoms with E-state index < -0.39 is 0 Å². The third-order valence-electron chi connectivity index (χ3n) is 8.85. The molecular formula is C37H48N10O3. The third-order valence-corrected chi connectivity index (χ3v) is 8.85. The number of aromatic nitrogens is 1. The summed E-state index contributed by atoms with van der Waals surface area (Å²) in [6.45, 7) is 8.87. The van der Waals surface area contributed by atoms with Crippen molar-refractivity contribution in [2.75, 3.05) is 74.9 Å². The average Bonchev–Trinajstić information content (AvgIpc) is 3.21. The quantitative estimate of drug-likeness (QED) is 0.166. The van der Waals surface area contributed by atoms with Crippen LogP contribution in [0.15, 0.2) is 70.8 Å². The Hall–Kier alpha value is -5.30. The monoisotopic (exact) mass is 680 g/mol. The maximum Gasteiger partial charge on any atom is 0.236 e. The van der Waals surface area contributed by atoms with Gasteiger partial charge in [0.05, 0.1) is 18.4 Å². The van der Waals surface area contributed by atoms with Gasteiger partial charge in [-0.3, -0.25) is 24.9 Å². The number of piperazine rings is 1. The molecule has 264 valence electrons. The molecule has 3 heterocycles. The van der Waals surface area contributed by atoms with Gasteiger partial charge in [0.15, 0.2) is 0 Å². The van der Waals surface area contributed by atoms with E-state index in [-0.39, 0.29) is 23.6 Å². The van der Waals surface area contributed by atoms with Crippen LogP contribution < -0.4 is 26.0 Å². The van der Waals surface area contributed by atoms with Gasteiger partial charge < -0.3 is 30.9 Å². The Morgan fingerprint density at radius 3 is 2.34 bits per heavy atom. The number of nitrogens with zero attached hydrogens (tertiary/aromatic N) is 7. The van der Waals surface area contributed by atoms with Crippen molar-refractivity contribution < 1.29 is 14.3 Å². The van der Waals surface area contributed by atoms with Crippen LogP contribution >= 0.6 is 0 Å². The normalized spacial score (nSPS) is 16.8. The molecular weight excluding hydrogens is 632 g/mol. The Balaban J connectivity index is 1.14. The zero-order valence-corrected chi connectivity index (χ0v) is 29.2. The summed E-state index contributed by atoms with van der Waals surface area (Å²) in [5.41, 5.74) is 16.8. The highest BCUT2D eigenvalue weighted by molar-refractivity contribution is 6.14. The minimum absolute atomic E-state index is 0.00153. The first-order valence-corrected chi connectivity index (χ1v) is 17.1. The van der Waals surface area contributed by atoms with E-state index in [1.54, 1.807) is 36.3 Å². The largest absolute Gasteiger partial charge is 0.475 e. The molecule has 50 heavy (non-hydrogen) atoms. The lowest BCUT2D eigenvalue weighted by Crippen LogP contribution is -2.51. The Labute approximate surface area is 294 Å². The molecule has 5 rings (SSSR count). The van der Waals surface area contributed by atoms with Crippen LogP contribution in [-0.2, 0) is 9.59 Å². The van der Waals surface area contributed by atoms with E-state index in [1.165, 1.54) is 6.34 Å². The fourth-order valence-corrected chi connectivity index (χ4v) is 6.18. The minimum Gasteiger partial charge on any atom is -0.475 e. The number of nitrogen functional groups attached to an aromatic ring is 1. The molecule has 0 spiro atoms. The van der Waals surface area contributed by atoms with Gasteiger partial charge >= 0.3 is 0 Å². The first-order chi connectivity index (χ1) is 24.1. The molecule has 1 aromatic heterocycles. The molecule has 0 radical (unpaired) electrons. The van der Waals surface area contributed by atoms with E-state index in [0.717, 1.165) is 24.3 Å². The molecule has 0 saturated carbocycles. The third kappa shape index (κ3) is 9.23. The van der Waals surface area contributed by atoms with Crippen LogP contribution in [0.5, 0.6) is 5.88 Å². The van der Waals surface area contributed by atoms with E-state index in [1.807, 2.05) is 55.1 Å². The number of nitrogens with two attached hydrogens (primary N) is 2. The molecule has 2 saturated heterocycles. The van der Waals surface area contributed by atoms with Gasteiger partial charge in [0.2, 0.25) is 17.7 Å². The summed E-state index contributed by atoms with van der Waals surface area (Å²) in [4.78, 5) is 47.2. The van der Waals surface area contributed by atoms with Gasteiger partial charge in [-0.05, 0) is 81.8 Å². The summed E-state index contributed by atoms with van der Waals surface area (Å²) in [6, 6.07) is 16.9. The summed E-state index contributed by atoms with van der Waals surface area (Å²) < 4.78 is 5.63. The topological polar surface area (TPSA) is 170 Å². The first-order valence-electron chi connectivity index (χ1n) is 17.1. The van der Waals surface area contributed by atoms with Crippen molar-refractivity contribution in [3.8, 4) is 5.88 Å². The van der Waals surface area contributed by atoms with Crippen LogP contribution in [0.25, 0.3) is 0 Å². The van der Waals surface area contributed by atoms with E-state index in [2.05, 4.69) is 24.8 Å². The highest BCUT2D eigenvalue weighted by Gasteiger charge is 2.25. The van der Waals surface area contributed by atoms with Crippen molar-refractivity contribution in [1.29, 1.82) is 5.41 Å². The predicted octanol–water partition coefficient (Wildman–Crippen LogP) is 3.40. The number of hydrogen-bond donors (Lipinski definition) is 3. The highest BCUT2D eigenvalue weighted by atomic mass is 16.5. The van der Waals surface area contributed by atoms with Crippen LogP contribution in [0.4, 0.5) is 17.1 Å².